The zero-order valence-electron chi connectivity index (χ0n) is 7.22. The van der Waals surface area contributed by atoms with E-state index in [1.807, 2.05) is 0 Å². The second-order valence-corrected chi connectivity index (χ2v) is 2.70. The Balaban J connectivity index is 2.73. The summed E-state index contributed by atoms with van der Waals surface area (Å²) in [5.41, 5.74) is 0.505. The Morgan fingerprint density at radius 2 is 2.21 bits per heavy atom. The molecular weight excluding hydrogens is 187 g/mol. The number of aliphatic carboxylic acids is 1. The van der Waals surface area contributed by atoms with Gasteiger partial charge in [-0.05, 0) is 23.8 Å². The van der Waals surface area contributed by atoms with Crippen molar-refractivity contribution in [2.75, 3.05) is 0 Å². The van der Waals surface area contributed by atoms with Crippen LogP contribution in [0.2, 0.25) is 0 Å². The summed E-state index contributed by atoms with van der Waals surface area (Å²) in [4.78, 5) is 10.2. The van der Waals surface area contributed by atoms with Gasteiger partial charge in [-0.2, -0.15) is 0 Å². The minimum atomic E-state index is -1.56. The topological polar surface area (TPSA) is 57.5 Å². The Bertz CT molecular complexity index is 360. The highest BCUT2D eigenvalue weighted by Crippen LogP contribution is 2.05. The predicted octanol–water partition coefficient (Wildman–Crippen LogP) is 1.28. The van der Waals surface area contributed by atoms with Gasteiger partial charge in [0.05, 0.1) is 0 Å². The van der Waals surface area contributed by atoms with Crippen LogP contribution in [0.1, 0.15) is 5.56 Å². The van der Waals surface area contributed by atoms with Crippen molar-refractivity contribution in [3.05, 3.63) is 41.7 Å². The lowest BCUT2D eigenvalue weighted by molar-refractivity contribution is -0.143. The first-order chi connectivity index (χ1) is 6.59. The lowest BCUT2D eigenvalue weighted by Crippen LogP contribution is -2.15. The van der Waals surface area contributed by atoms with Crippen molar-refractivity contribution in [1.82, 2.24) is 0 Å². The zero-order chi connectivity index (χ0) is 10.6. The van der Waals surface area contributed by atoms with Gasteiger partial charge in [0, 0.05) is 0 Å². The molecule has 14 heavy (non-hydrogen) atoms. The summed E-state index contributed by atoms with van der Waals surface area (Å²) in [5.74, 6) is -1.74. The number of aliphatic hydroxyl groups is 1. The molecule has 1 unspecified atom stereocenters. The van der Waals surface area contributed by atoms with Gasteiger partial charge in [-0.3, -0.25) is 0 Å². The van der Waals surface area contributed by atoms with Crippen LogP contribution >= 0.6 is 0 Å². The maximum absolute atomic E-state index is 12.6. The molecule has 0 amide bonds. The summed E-state index contributed by atoms with van der Waals surface area (Å²) < 4.78 is 12.6. The molecule has 1 aromatic rings. The molecule has 0 aromatic heterocycles. The molecule has 2 N–H and O–H groups in total. The second kappa shape index (κ2) is 4.53. The number of carboxylic acids is 1. The van der Waals surface area contributed by atoms with E-state index in [4.69, 9.17) is 10.2 Å². The van der Waals surface area contributed by atoms with Gasteiger partial charge < -0.3 is 10.2 Å². The van der Waals surface area contributed by atoms with Crippen molar-refractivity contribution in [2.45, 2.75) is 6.10 Å². The molecular formula is C10H9FO3. The Morgan fingerprint density at radius 3 is 2.79 bits per heavy atom. The number of aliphatic hydroxyl groups excluding tert-OH is 1. The highest BCUT2D eigenvalue weighted by Gasteiger charge is 2.07. The van der Waals surface area contributed by atoms with Crippen LogP contribution in [-0.2, 0) is 4.79 Å². The molecule has 74 valence electrons. The van der Waals surface area contributed by atoms with Crippen LogP contribution in [0.15, 0.2) is 30.3 Å². The molecule has 0 aliphatic carbocycles. The standard InChI is InChI=1S/C10H9FO3/c11-8-3-1-2-7(6-8)4-5-9(12)10(13)14/h1-6,9,12H,(H,13,14)/b5-4+. The van der Waals surface area contributed by atoms with Gasteiger partial charge in [-0.15, -0.1) is 0 Å². The van der Waals surface area contributed by atoms with Gasteiger partial charge in [0.2, 0.25) is 0 Å². The van der Waals surface area contributed by atoms with E-state index in [1.54, 1.807) is 6.07 Å². The summed E-state index contributed by atoms with van der Waals surface area (Å²) in [7, 11) is 0. The predicted molar refractivity (Wildman–Crippen MR) is 49.1 cm³/mol. The van der Waals surface area contributed by atoms with E-state index in [9.17, 15) is 9.18 Å². The van der Waals surface area contributed by atoms with E-state index in [0.29, 0.717) is 5.56 Å². The molecule has 0 bridgehead atoms. The van der Waals surface area contributed by atoms with Crippen LogP contribution < -0.4 is 0 Å². The number of benzene rings is 1. The number of carboxylic acid groups (broad SMARTS) is 1. The molecule has 0 radical (unpaired) electrons. The largest absolute Gasteiger partial charge is 0.479 e. The number of hydrogen-bond donors (Lipinski definition) is 2. The molecule has 4 heteroatoms. The van der Waals surface area contributed by atoms with E-state index in [2.05, 4.69) is 0 Å². The first kappa shape index (κ1) is 10.4. The van der Waals surface area contributed by atoms with Crippen LogP contribution in [0.25, 0.3) is 6.08 Å². The third-order valence-electron chi connectivity index (χ3n) is 1.57. The van der Waals surface area contributed by atoms with E-state index >= 15 is 0 Å². The highest BCUT2D eigenvalue weighted by atomic mass is 19.1. The molecule has 1 rings (SSSR count). The number of hydrogen-bond acceptors (Lipinski definition) is 2. The fourth-order valence-electron chi connectivity index (χ4n) is 0.895. The van der Waals surface area contributed by atoms with Crippen LogP contribution in [0.3, 0.4) is 0 Å². The molecule has 3 nitrogen and oxygen atoms in total. The number of halogens is 1. The molecule has 1 atom stereocenters. The molecule has 0 aliphatic rings. The molecule has 0 heterocycles. The lowest BCUT2D eigenvalue weighted by Gasteiger charge is -1.97. The zero-order valence-corrected chi connectivity index (χ0v) is 7.22. The van der Waals surface area contributed by atoms with E-state index < -0.39 is 17.9 Å². The van der Waals surface area contributed by atoms with Gasteiger partial charge in [-0.25, -0.2) is 9.18 Å². The van der Waals surface area contributed by atoms with Gasteiger partial charge in [0.15, 0.2) is 6.10 Å². The lowest BCUT2D eigenvalue weighted by atomic mass is 10.2. The molecule has 0 fully saturated rings. The van der Waals surface area contributed by atoms with Gasteiger partial charge in [0.25, 0.3) is 0 Å². The van der Waals surface area contributed by atoms with Crippen molar-refractivity contribution in [3.63, 3.8) is 0 Å². The maximum Gasteiger partial charge on any atom is 0.336 e. The quantitative estimate of drug-likeness (QED) is 0.765. The van der Waals surface area contributed by atoms with Crippen LogP contribution in [-0.4, -0.2) is 22.3 Å². The number of rotatable bonds is 3. The van der Waals surface area contributed by atoms with Gasteiger partial charge in [0.1, 0.15) is 5.82 Å². The number of carbonyl (C=O) groups is 1. The summed E-state index contributed by atoms with van der Waals surface area (Å²) in [6, 6.07) is 5.63. The van der Waals surface area contributed by atoms with E-state index in [-0.39, 0.29) is 0 Å². The van der Waals surface area contributed by atoms with Crippen molar-refractivity contribution >= 4 is 12.0 Å². The maximum atomic E-state index is 12.6. The van der Waals surface area contributed by atoms with E-state index in [0.717, 1.165) is 6.08 Å². The van der Waals surface area contributed by atoms with Crippen molar-refractivity contribution < 1.29 is 19.4 Å². The molecule has 0 saturated carbocycles. The Morgan fingerprint density at radius 1 is 1.50 bits per heavy atom. The second-order valence-electron chi connectivity index (χ2n) is 2.70. The van der Waals surface area contributed by atoms with Crippen LogP contribution in [0, 0.1) is 5.82 Å². The minimum absolute atomic E-state index is 0.406. The van der Waals surface area contributed by atoms with Gasteiger partial charge >= 0.3 is 5.97 Å². The van der Waals surface area contributed by atoms with Crippen LogP contribution in [0.4, 0.5) is 4.39 Å². The third-order valence-corrected chi connectivity index (χ3v) is 1.57. The van der Waals surface area contributed by atoms with E-state index in [1.165, 1.54) is 24.3 Å². The average molecular weight is 196 g/mol. The van der Waals surface area contributed by atoms with Crippen LogP contribution in [0.5, 0.6) is 0 Å². The fraction of sp³-hybridized carbons (Fsp3) is 0.100. The Labute approximate surface area is 80.1 Å². The van der Waals surface area contributed by atoms with Crippen molar-refractivity contribution in [2.24, 2.45) is 0 Å². The molecule has 0 aliphatic heterocycles. The molecule has 0 saturated heterocycles. The summed E-state index contributed by atoms with van der Waals surface area (Å²) in [6.07, 6.45) is 0.872. The normalized spacial score (nSPS) is 13.0. The fourth-order valence-corrected chi connectivity index (χ4v) is 0.895. The first-order valence-corrected chi connectivity index (χ1v) is 3.94. The van der Waals surface area contributed by atoms with Gasteiger partial charge in [-0.1, -0.05) is 18.2 Å². The summed E-state index contributed by atoms with van der Waals surface area (Å²) in [6.45, 7) is 0. The Hall–Kier alpha value is -1.68. The van der Waals surface area contributed by atoms with Crippen molar-refractivity contribution in [1.29, 1.82) is 0 Å². The third kappa shape index (κ3) is 2.99. The SMILES string of the molecule is O=C(O)C(O)/C=C/c1cccc(F)c1. The monoisotopic (exact) mass is 196 g/mol. The minimum Gasteiger partial charge on any atom is -0.479 e. The molecule has 1 aromatic carbocycles. The average Bonchev–Trinajstić information content (AvgIpc) is 2.14. The molecule has 0 spiro atoms. The summed E-state index contributed by atoms with van der Waals surface area (Å²) in [5, 5.41) is 17.2. The first-order valence-electron chi connectivity index (χ1n) is 3.94. The summed E-state index contributed by atoms with van der Waals surface area (Å²) >= 11 is 0. The highest BCUT2D eigenvalue weighted by molar-refractivity contribution is 5.75. The Kier molecular flexibility index (Phi) is 3.36. The smallest absolute Gasteiger partial charge is 0.336 e. The van der Waals surface area contributed by atoms with Crippen molar-refractivity contribution in [3.8, 4) is 0 Å².